The normalized spacial score (nSPS) is 12.1. The molecule has 2 aromatic carbocycles. The number of benzene rings is 2. The lowest BCUT2D eigenvalue weighted by atomic mass is 10.1. The number of aryl methyl sites for hydroxylation is 2. The lowest BCUT2D eigenvalue weighted by molar-refractivity contribution is 0.276. The van der Waals surface area contributed by atoms with E-state index in [2.05, 4.69) is 48.6 Å². The monoisotopic (exact) mass is 471 g/mol. The van der Waals surface area contributed by atoms with Crippen LogP contribution in [0.1, 0.15) is 42.4 Å². The zero-order valence-corrected chi connectivity index (χ0v) is 20.2. The second kappa shape index (κ2) is 14.0. The Morgan fingerprint density at radius 2 is 1.88 bits per heavy atom. The number of nitrogens with one attached hydrogen (secondary N) is 1. The summed E-state index contributed by atoms with van der Waals surface area (Å²) in [5.74, 6) is 1.61. The van der Waals surface area contributed by atoms with E-state index in [0.717, 1.165) is 48.3 Å². The van der Waals surface area contributed by atoms with Gasteiger partial charge in [0.05, 0.1) is 25.0 Å². The number of hydrogen-bond acceptors (Lipinski definition) is 5. The smallest absolute Gasteiger partial charge is 0.316 e. The molecule has 3 rings (SSSR count). The third-order valence-corrected chi connectivity index (χ3v) is 5.78. The lowest BCUT2D eigenvalue weighted by Crippen LogP contribution is -2.16. The molecule has 0 saturated carbocycles. The van der Waals surface area contributed by atoms with Crippen LogP contribution in [0.4, 0.5) is 0 Å². The largest absolute Gasteiger partial charge is 0.493 e. The summed E-state index contributed by atoms with van der Waals surface area (Å²) in [6.07, 6.45) is 6.74. The molecule has 7 heteroatoms. The van der Waals surface area contributed by atoms with E-state index in [9.17, 15) is 4.57 Å². The van der Waals surface area contributed by atoms with Crippen LogP contribution in [0.15, 0.2) is 65.3 Å². The molecule has 33 heavy (non-hydrogen) atoms. The Kier molecular flexibility index (Phi) is 10.7. The Morgan fingerprint density at radius 1 is 0.970 bits per heavy atom. The zero-order chi connectivity index (χ0) is 23.3. The van der Waals surface area contributed by atoms with Crippen LogP contribution in [0.3, 0.4) is 0 Å². The van der Waals surface area contributed by atoms with Crippen molar-refractivity contribution >= 4 is 8.25 Å². The molecule has 0 aliphatic rings. The maximum atomic E-state index is 10.6. The predicted octanol–water partition coefficient (Wildman–Crippen LogP) is 5.93. The molecule has 0 amide bonds. The Morgan fingerprint density at radius 3 is 2.67 bits per heavy atom. The zero-order valence-electron chi connectivity index (χ0n) is 19.2. The van der Waals surface area contributed by atoms with Gasteiger partial charge in [0.2, 0.25) is 0 Å². The fourth-order valence-corrected chi connectivity index (χ4v) is 4.00. The Bertz CT molecular complexity index is 990. The Balaban J connectivity index is 1.45. The molecule has 1 unspecified atom stereocenters. The summed E-state index contributed by atoms with van der Waals surface area (Å²) in [4.78, 5) is 8.68. The molecule has 1 atom stereocenters. The molecular formula is C26H34NO5P. The van der Waals surface area contributed by atoms with Crippen molar-refractivity contribution in [2.24, 2.45) is 0 Å². The highest BCUT2D eigenvalue weighted by atomic mass is 31.1. The minimum Gasteiger partial charge on any atom is -0.493 e. The molecule has 178 valence electrons. The molecule has 0 fully saturated rings. The van der Waals surface area contributed by atoms with Crippen molar-refractivity contribution in [2.45, 2.75) is 45.6 Å². The molecule has 3 aromatic rings. The van der Waals surface area contributed by atoms with E-state index in [1.54, 1.807) is 6.26 Å². The summed E-state index contributed by atoms with van der Waals surface area (Å²) < 4.78 is 27.0. The molecule has 1 aromatic heterocycles. The van der Waals surface area contributed by atoms with E-state index in [0.29, 0.717) is 26.1 Å². The highest BCUT2D eigenvalue weighted by Gasteiger charge is 2.10. The third-order valence-electron chi connectivity index (χ3n) is 5.33. The fourth-order valence-electron chi connectivity index (χ4n) is 3.68. The molecule has 0 spiro atoms. The highest BCUT2D eigenvalue weighted by molar-refractivity contribution is 7.32. The number of hydrogen-bond donors (Lipinski definition) is 2. The van der Waals surface area contributed by atoms with E-state index in [1.807, 2.05) is 18.2 Å². The van der Waals surface area contributed by atoms with E-state index in [1.165, 1.54) is 11.1 Å². The van der Waals surface area contributed by atoms with Crippen LogP contribution in [-0.4, -0.2) is 24.7 Å². The Labute approximate surface area is 196 Å². The van der Waals surface area contributed by atoms with Crippen molar-refractivity contribution in [1.82, 2.24) is 5.32 Å². The molecule has 2 N–H and O–H groups in total. The molecule has 0 bridgehead atoms. The van der Waals surface area contributed by atoms with Crippen LogP contribution in [0.25, 0.3) is 11.3 Å². The van der Waals surface area contributed by atoms with Gasteiger partial charge in [0.15, 0.2) is 0 Å². The minimum absolute atomic E-state index is 0.275. The molecular weight excluding hydrogens is 437 g/mol. The van der Waals surface area contributed by atoms with Crippen LogP contribution in [0, 0.1) is 6.92 Å². The second-order valence-electron chi connectivity index (χ2n) is 8.10. The lowest BCUT2D eigenvalue weighted by Gasteiger charge is -2.13. The van der Waals surface area contributed by atoms with Crippen molar-refractivity contribution in [2.75, 3.05) is 19.8 Å². The van der Waals surface area contributed by atoms with Crippen molar-refractivity contribution in [3.63, 3.8) is 0 Å². The summed E-state index contributed by atoms with van der Waals surface area (Å²) >= 11 is 0. The first-order valence-corrected chi connectivity index (χ1v) is 12.8. The standard InChI is InChI=1S/C26H34NO5P/c1-21-8-5-10-22(18-21)9-3-2-4-15-30-26-13-12-23(19-24(26)25-11-6-16-31-25)20-27-14-7-17-32-33(28)29/h5-6,8,10-13,16,18-19,27,33H,2-4,7,9,14-15,17,20H2,1H3,(H,28,29). The van der Waals surface area contributed by atoms with Gasteiger partial charge in [-0.25, -0.2) is 0 Å². The van der Waals surface area contributed by atoms with E-state index >= 15 is 0 Å². The molecule has 1 heterocycles. The summed E-state index contributed by atoms with van der Waals surface area (Å²) in [5.41, 5.74) is 4.77. The minimum atomic E-state index is -2.84. The van der Waals surface area contributed by atoms with Crippen LogP contribution in [0.2, 0.25) is 0 Å². The number of rotatable bonds is 15. The van der Waals surface area contributed by atoms with Gasteiger partial charge in [0, 0.05) is 6.54 Å². The van der Waals surface area contributed by atoms with Gasteiger partial charge in [0.25, 0.3) is 0 Å². The number of ether oxygens (including phenoxy) is 1. The Hall–Kier alpha value is -2.37. The molecule has 0 saturated heterocycles. The molecule has 0 aliphatic carbocycles. The van der Waals surface area contributed by atoms with E-state index in [-0.39, 0.29) is 6.61 Å². The number of furan rings is 1. The first-order chi connectivity index (χ1) is 16.1. The average molecular weight is 472 g/mol. The summed E-state index contributed by atoms with van der Waals surface area (Å²) in [7, 11) is -2.84. The molecule has 0 radical (unpaired) electrons. The van der Waals surface area contributed by atoms with Crippen molar-refractivity contribution < 1.29 is 23.1 Å². The van der Waals surface area contributed by atoms with Crippen LogP contribution < -0.4 is 10.1 Å². The van der Waals surface area contributed by atoms with Crippen LogP contribution >= 0.6 is 8.25 Å². The predicted molar refractivity (Wildman–Crippen MR) is 132 cm³/mol. The van der Waals surface area contributed by atoms with Gasteiger partial charge in [-0.15, -0.1) is 0 Å². The van der Waals surface area contributed by atoms with Gasteiger partial charge < -0.3 is 23.9 Å². The SMILES string of the molecule is Cc1cccc(CCCCCOc2ccc(CNCCCO[PH](=O)O)cc2-c2ccco2)c1. The van der Waals surface area contributed by atoms with Gasteiger partial charge in [-0.1, -0.05) is 35.9 Å². The van der Waals surface area contributed by atoms with Gasteiger partial charge in [-0.2, -0.15) is 0 Å². The van der Waals surface area contributed by atoms with Crippen molar-refractivity contribution in [1.29, 1.82) is 0 Å². The third kappa shape index (κ3) is 9.18. The van der Waals surface area contributed by atoms with E-state index in [4.69, 9.17) is 18.6 Å². The maximum Gasteiger partial charge on any atom is 0.316 e. The van der Waals surface area contributed by atoms with Crippen LogP contribution in [0.5, 0.6) is 5.75 Å². The first kappa shape index (κ1) is 25.3. The maximum absolute atomic E-state index is 10.6. The quantitative estimate of drug-likeness (QED) is 0.211. The summed E-state index contributed by atoms with van der Waals surface area (Å²) in [6, 6.07) is 18.7. The molecule has 6 nitrogen and oxygen atoms in total. The average Bonchev–Trinajstić information content (AvgIpc) is 3.34. The van der Waals surface area contributed by atoms with Gasteiger partial charge in [-0.05, 0) is 81.0 Å². The highest BCUT2D eigenvalue weighted by Crippen LogP contribution is 2.31. The summed E-state index contributed by atoms with van der Waals surface area (Å²) in [5, 5.41) is 3.33. The summed E-state index contributed by atoms with van der Waals surface area (Å²) in [6.45, 7) is 4.46. The van der Waals surface area contributed by atoms with Crippen molar-refractivity contribution in [3.8, 4) is 17.1 Å². The molecule has 0 aliphatic heterocycles. The van der Waals surface area contributed by atoms with Gasteiger partial charge in [0.1, 0.15) is 11.5 Å². The number of unbranched alkanes of at least 4 members (excludes halogenated alkanes) is 2. The van der Waals surface area contributed by atoms with Crippen molar-refractivity contribution in [3.05, 3.63) is 77.6 Å². The van der Waals surface area contributed by atoms with Gasteiger partial charge >= 0.3 is 8.25 Å². The van der Waals surface area contributed by atoms with Crippen LogP contribution in [-0.2, 0) is 22.1 Å². The van der Waals surface area contributed by atoms with E-state index < -0.39 is 8.25 Å². The topological polar surface area (TPSA) is 80.9 Å². The fraction of sp³-hybridized carbons (Fsp3) is 0.385. The second-order valence-corrected chi connectivity index (χ2v) is 8.92. The first-order valence-electron chi connectivity index (χ1n) is 11.5. The van der Waals surface area contributed by atoms with Gasteiger partial charge in [-0.3, -0.25) is 4.57 Å².